The van der Waals surface area contributed by atoms with E-state index in [4.69, 9.17) is 0 Å². The summed E-state index contributed by atoms with van der Waals surface area (Å²) in [5, 5.41) is 2.33. The molecule has 0 N–H and O–H groups in total. The molecule has 0 aliphatic rings. The summed E-state index contributed by atoms with van der Waals surface area (Å²) in [5.74, 6) is 0.234. The number of carbonyl (C=O) groups excluding carboxylic acids is 1. The third-order valence-corrected chi connectivity index (χ3v) is 5.09. The minimum absolute atomic E-state index is 0.234. The van der Waals surface area contributed by atoms with Crippen LogP contribution in [0.15, 0.2) is 72.8 Å². The summed E-state index contributed by atoms with van der Waals surface area (Å²) in [6.45, 7) is 8.14. The average Bonchev–Trinajstić information content (AvgIpc) is 2.61. The summed E-state index contributed by atoms with van der Waals surface area (Å²) in [5.41, 5.74) is 1.04. The lowest BCUT2D eigenvalue weighted by Crippen LogP contribution is -2.42. The largest absolute Gasteiger partial charge is 0.298 e. The van der Waals surface area contributed by atoms with Gasteiger partial charge in [-0.15, -0.1) is 0 Å². The third kappa shape index (κ3) is 2.65. The standard InChI is InChI=1S/C23H24O/c1-22(2,18-13-6-5-7-14-18)21(24)23(3,4)20-16-10-12-17-11-8-9-15-19(17)20/h5-16H,1-4H3. The second-order valence-electron chi connectivity index (χ2n) is 7.47. The molecule has 0 saturated carbocycles. The van der Waals surface area contributed by atoms with Crippen molar-refractivity contribution in [1.29, 1.82) is 0 Å². The lowest BCUT2D eigenvalue weighted by atomic mass is 9.66. The maximum atomic E-state index is 13.5. The molecule has 0 radical (unpaired) electrons. The van der Waals surface area contributed by atoms with E-state index in [1.165, 1.54) is 5.39 Å². The number of hydrogen-bond acceptors (Lipinski definition) is 1. The second-order valence-corrected chi connectivity index (χ2v) is 7.47. The van der Waals surface area contributed by atoms with Gasteiger partial charge in [-0.2, -0.15) is 0 Å². The van der Waals surface area contributed by atoms with Gasteiger partial charge in [-0.1, -0.05) is 72.8 Å². The fraction of sp³-hybridized carbons (Fsp3) is 0.261. The van der Waals surface area contributed by atoms with E-state index in [1.807, 2.05) is 76.2 Å². The van der Waals surface area contributed by atoms with Crippen LogP contribution in [0.5, 0.6) is 0 Å². The first-order valence-electron chi connectivity index (χ1n) is 8.44. The summed E-state index contributed by atoms with van der Waals surface area (Å²) < 4.78 is 0. The molecule has 0 bridgehead atoms. The zero-order valence-electron chi connectivity index (χ0n) is 14.8. The second kappa shape index (κ2) is 5.90. The lowest BCUT2D eigenvalue weighted by Gasteiger charge is -2.35. The quantitative estimate of drug-likeness (QED) is 0.606. The van der Waals surface area contributed by atoms with E-state index in [-0.39, 0.29) is 5.78 Å². The number of fused-ring (bicyclic) bond motifs is 1. The van der Waals surface area contributed by atoms with Crippen molar-refractivity contribution in [2.24, 2.45) is 0 Å². The Kier molecular flexibility index (Phi) is 4.04. The van der Waals surface area contributed by atoms with Crippen LogP contribution in [0.4, 0.5) is 0 Å². The summed E-state index contributed by atoms with van der Waals surface area (Å²) >= 11 is 0. The first-order valence-corrected chi connectivity index (χ1v) is 8.44. The minimum atomic E-state index is -0.569. The number of ketones is 1. The molecule has 0 atom stereocenters. The van der Waals surface area contributed by atoms with E-state index in [9.17, 15) is 4.79 Å². The predicted octanol–water partition coefficient (Wildman–Crippen LogP) is 5.66. The summed E-state index contributed by atoms with van der Waals surface area (Å²) in [6.07, 6.45) is 0. The molecule has 0 aromatic heterocycles. The van der Waals surface area contributed by atoms with Crippen molar-refractivity contribution in [1.82, 2.24) is 0 Å². The van der Waals surface area contributed by atoms with Crippen LogP contribution in [0.1, 0.15) is 38.8 Å². The molecule has 0 spiro atoms. The Morgan fingerprint density at radius 3 is 1.96 bits per heavy atom. The Hall–Kier alpha value is -2.41. The van der Waals surface area contributed by atoms with E-state index in [1.54, 1.807) is 0 Å². The molecule has 1 nitrogen and oxygen atoms in total. The zero-order chi connectivity index (χ0) is 17.4. The SMILES string of the molecule is CC(C)(C(=O)C(C)(C)c1cccc2ccccc12)c1ccccc1. The highest BCUT2D eigenvalue weighted by atomic mass is 16.1. The molecule has 0 unspecified atom stereocenters. The molecule has 0 saturated heterocycles. The predicted molar refractivity (Wildman–Crippen MR) is 101 cm³/mol. The number of carbonyl (C=O) groups is 1. The Labute approximate surface area is 144 Å². The molecule has 0 amide bonds. The molecule has 24 heavy (non-hydrogen) atoms. The van der Waals surface area contributed by atoms with Crippen molar-refractivity contribution in [3.63, 3.8) is 0 Å². The zero-order valence-corrected chi connectivity index (χ0v) is 14.8. The molecule has 3 aromatic carbocycles. The fourth-order valence-corrected chi connectivity index (χ4v) is 3.66. The first-order chi connectivity index (χ1) is 11.3. The fourth-order valence-electron chi connectivity index (χ4n) is 3.66. The van der Waals surface area contributed by atoms with Crippen molar-refractivity contribution >= 4 is 16.6 Å². The Bertz CT molecular complexity index is 867. The molecule has 0 aliphatic heterocycles. The van der Waals surface area contributed by atoms with Gasteiger partial charge < -0.3 is 0 Å². The first kappa shape index (κ1) is 16.4. The third-order valence-electron chi connectivity index (χ3n) is 5.09. The van der Waals surface area contributed by atoms with E-state index >= 15 is 0 Å². The highest BCUT2D eigenvalue weighted by Crippen LogP contribution is 2.38. The molecule has 3 rings (SSSR count). The van der Waals surface area contributed by atoms with Gasteiger partial charge in [0, 0.05) is 10.8 Å². The molecule has 3 aromatic rings. The number of benzene rings is 3. The summed E-state index contributed by atoms with van der Waals surface area (Å²) in [7, 11) is 0. The van der Waals surface area contributed by atoms with Gasteiger partial charge in [0.1, 0.15) is 0 Å². The van der Waals surface area contributed by atoms with Gasteiger partial charge >= 0.3 is 0 Å². The highest BCUT2D eigenvalue weighted by Gasteiger charge is 2.41. The van der Waals surface area contributed by atoms with Gasteiger partial charge in [0.15, 0.2) is 5.78 Å². The highest BCUT2D eigenvalue weighted by molar-refractivity contribution is 6.01. The normalized spacial score (nSPS) is 12.3. The van der Waals surface area contributed by atoms with E-state index in [2.05, 4.69) is 24.3 Å². The Morgan fingerprint density at radius 2 is 1.25 bits per heavy atom. The van der Waals surface area contributed by atoms with Gasteiger partial charge in [-0.3, -0.25) is 4.79 Å². The topological polar surface area (TPSA) is 17.1 Å². The Morgan fingerprint density at radius 1 is 0.667 bits per heavy atom. The van der Waals surface area contributed by atoms with Crippen LogP contribution in [0.2, 0.25) is 0 Å². The van der Waals surface area contributed by atoms with Crippen LogP contribution >= 0.6 is 0 Å². The van der Waals surface area contributed by atoms with E-state index in [0.29, 0.717) is 0 Å². The molecular formula is C23H24O. The van der Waals surface area contributed by atoms with Crippen molar-refractivity contribution < 1.29 is 4.79 Å². The van der Waals surface area contributed by atoms with Crippen LogP contribution in [0.3, 0.4) is 0 Å². The van der Waals surface area contributed by atoms with Crippen molar-refractivity contribution in [2.75, 3.05) is 0 Å². The molecule has 1 heteroatoms. The lowest BCUT2D eigenvalue weighted by molar-refractivity contribution is -0.128. The van der Waals surface area contributed by atoms with Crippen LogP contribution in [-0.4, -0.2) is 5.78 Å². The maximum absolute atomic E-state index is 13.5. The molecular weight excluding hydrogens is 292 g/mol. The van der Waals surface area contributed by atoms with Crippen LogP contribution < -0.4 is 0 Å². The molecule has 122 valence electrons. The van der Waals surface area contributed by atoms with Crippen LogP contribution in [0, 0.1) is 0 Å². The molecule has 0 aliphatic carbocycles. The van der Waals surface area contributed by atoms with Crippen molar-refractivity contribution in [2.45, 2.75) is 38.5 Å². The summed E-state index contributed by atoms with van der Waals surface area (Å²) in [4.78, 5) is 13.5. The summed E-state index contributed by atoms with van der Waals surface area (Å²) in [6, 6.07) is 24.6. The van der Waals surface area contributed by atoms with Crippen LogP contribution in [0.25, 0.3) is 10.8 Å². The van der Waals surface area contributed by atoms with Gasteiger partial charge in [0.2, 0.25) is 0 Å². The Balaban J connectivity index is 2.11. The van der Waals surface area contributed by atoms with Gasteiger partial charge in [-0.05, 0) is 49.6 Å². The van der Waals surface area contributed by atoms with Gasteiger partial charge in [-0.25, -0.2) is 0 Å². The molecule has 0 heterocycles. The van der Waals surface area contributed by atoms with E-state index in [0.717, 1.165) is 16.5 Å². The smallest absolute Gasteiger partial charge is 0.152 e. The number of hydrogen-bond donors (Lipinski definition) is 0. The van der Waals surface area contributed by atoms with Crippen molar-refractivity contribution in [3.8, 4) is 0 Å². The van der Waals surface area contributed by atoms with Crippen molar-refractivity contribution in [3.05, 3.63) is 83.9 Å². The van der Waals surface area contributed by atoms with Crippen LogP contribution in [-0.2, 0) is 15.6 Å². The van der Waals surface area contributed by atoms with E-state index < -0.39 is 10.8 Å². The molecule has 0 fully saturated rings. The maximum Gasteiger partial charge on any atom is 0.152 e. The minimum Gasteiger partial charge on any atom is -0.298 e. The number of rotatable bonds is 4. The van der Waals surface area contributed by atoms with Gasteiger partial charge in [0.05, 0.1) is 0 Å². The number of Topliss-reactive ketones (excluding diaryl/α,β-unsaturated/α-hetero) is 1. The monoisotopic (exact) mass is 316 g/mol. The van der Waals surface area contributed by atoms with Gasteiger partial charge in [0.25, 0.3) is 0 Å². The average molecular weight is 316 g/mol.